The SMILES string of the molecule is CC[C@H](C)NC(=O)[C@@H](Cc1ccccc1)N(Cc1cccc(Cl)c1)C(=O)CN(c1ccc(F)cc1)S(=O)(=O)c1ccc(C)cc1. The van der Waals surface area contributed by atoms with Crippen LogP contribution in [0.5, 0.6) is 0 Å². The second-order valence-corrected chi connectivity index (χ2v) is 13.3. The van der Waals surface area contributed by atoms with Gasteiger partial charge in [-0.3, -0.25) is 13.9 Å². The van der Waals surface area contributed by atoms with Crippen molar-refractivity contribution in [2.75, 3.05) is 10.8 Å². The summed E-state index contributed by atoms with van der Waals surface area (Å²) in [6, 6.07) is 26.3. The topological polar surface area (TPSA) is 86.8 Å². The smallest absolute Gasteiger partial charge is 0.264 e. The summed E-state index contributed by atoms with van der Waals surface area (Å²) in [7, 11) is -4.28. The van der Waals surface area contributed by atoms with Gasteiger partial charge >= 0.3 is 0 Å². The molecule has 4 aromatic rings. The predicted octanol–water partition coefficient (Wildman–Crippen LogP) is 6.54. The van der Waals surface area contributed by atoms with Crippen LogP contribution in [-0.4, -0.2) is 43.8 Å². The molecule has 1 N–H and O–H groups in total. The van der Waals surface area contributed by atoms with E-state index < -0.39 is 34.3 Å². The first kappa shape index (κ1) is 33.7. The van der Waals surface area contributed by atoms with Crippen molar-refractivity contribution < 1.29 is 22.4 Å². The van der Waals surface area contributed by atoms with Crippen molar-refractivity contribution in [2.45, 2.75) is 57.1 Å². The molecule has 0 aliphatic rings. The van der Waals surface area contributed by atoms with Crippen molar-refractivity contribution in [3.8, 4) is 0 Å². The number of nitrogens with zero attached hydrogens (tertiary/aromatic N) is 2. The molecule has 0 unspecified atom stereocenters. The van der Waals surface area contributed by atoms with Crippen LogP contribution in [0.3, 0.4) is 0 Å². The van der Waals surface area contributed by atoms with E-state index in [1.807, 2.05) is 51.1 Å². The molecule has 10 heteroatoms. The number of carbonyl (C=O) groups is 2. The lowest BCUT2D eigenvalue weighted by molar-refractivity contribution is -0.140. The molecule has 4 rings (SSSR count). The first-order valence-corrected chi connectivity index (χ1v) is 16.5. The summed E-state index contributed by atoms with van der Waals surface area (Å²) in [6.07, 6.45) is 0.871. The summed E-state index contributed by atoms with van der Waals surface area (Å²) in [6.45, 7) is 5.02. The van der Waals surface area contributed by atoms with Gasteiger partial charge in [-0.15, -0.1) is 0 Å². The Bertz CT molecular complexity index is 1700. The Morgan fingerprint density at radius 1 is 0.889 bits per heavy atom. The normalized spacial score (nSPS) is 12.6. The van der Waals surface area contributed by atoms with E-state index in [4.69, 9.17) is 11.6 Å². The summed E-state index contributed by atoms with van der Waals surface area (Å²) < 4.78 is 42.9. The van der Waals surface area contributed by atoms with Gasteiger partial charge in [-0.25, -0.2) is 12.8 Å². The van der Waals surface area contributed by atoms with E-state index in [9.17, 15) is 22.4 Å². The minimum absolute atomic E-state index is 0.00729. The van der Waals surface area contributed by atoms with Crippen LogP contribution < -0.4 is 9.62 Å². The molecule has 2 atom stereocenters. The lowest BCUT2D eigenvalue weighted by atomic mass is 10.0. The van der Waals surface area contributed by atoms with Crippen LogP contribution in [0.4, 0.5) is 10.1 Å². The highest BCUT2D eigenvalue weighted by Gasteiger charge is 2.35. The molecule has 0 heterocycles. The molecule has 2 amide bonds. The lowest BCUT2D eigenvalue weighted by Crippen LogP contribution is -2.54. The van der Waals surface area contributed by atoms with Crippen molar-refractivity contribution in [3.63, 3.8) is 0 Å². The second-order valence-electron chi connectivity index (χ2n) is 11.0. The maximum absolute atomic E-state index is 14.4. The Labute approximate surface area is 269 Å². The standard InChI is InChI=1S/C35H37ClFN3O4S/c1-4-26(3)38-35(42)33(22-27-9-6-5-7-10-27)39(23-28-11-8-12-29(36)21-28)34(41)24-40(31-17-15-30(37)16-18-31)45(43,44)32-19-13-25(2)14-20-32/h5-21,26,33H,4,22-24H2,1-3H3,(H,38,42)/t26-,33+/m0/s1. The van der Waals surface area contributed by atoms with Crippen LogP contribution in [0.1, 0.15) is 37.0 Å². The Kier molecular flexibility index (Phi) is 11.4. The van der Waals surface area contributed by atoms with Crippen LogP contribution in [0.15, 0.2) is 108 Å². The number of benzene rings is 4. The number of anilines is 1. The Morgan fingerprint density at radius 3 is 2.16 bits per heavy atom. The number of amides is 2. The summed E-state index contributed by atoms with van der Waals surface area (Å²) in [4.78, 5) is 29.7. The van der Waals surface area contributed by atoms with Crippen LogP contribution in [0.25, 0.3) is 0 Å². The largest absolute Gasteiger partial charge is 0.352 e. The molecule has 7 nitrogen and oxygen atoms in total. The van der Waals surface area contributed by atoms with Gasteiger partial charge in [-0.1, -0.05) is 78.7 Å². The highest BCUT2D eigenvalue weighted by atomic mass is 35.5. The van der Waals surface area contributed by atoms with E-state index in [2.05, 4.69) is 5.32 Å². The maximum Gasteiger partial charge on any atom is 0.264 e. The van der Waals surface area contributed by atoms with Gasteiger partial charge in [0.05, 0.1) is 10.6 Å². The predicted molar refractivity (Wildman–Crippen MR) is 176 cm³/mol. The fourth-order valence-electron chi connectivity index (χ4n) is 4.80. The third-order valence-corrected chi connectivity index (χ3v) is 9.54. The molecule has 0 aromatic heterocycles. The molecular formula is C35H37ClFN3O4S. The first-order chi connectivity index (χ1) is 21.5. The number of rotatable bonds is 13. The molecule has 0 radical (unpaired) electrons. The fraction of sp³-hybridized carbons (Fsp3) is 0.257. The number of hydrogen-bond acceptors (Lipinski definition) is 4. The molecule has 0 aliphatic carbocycles. The Morgan fingerprint density at radius 2 is 1.53 bits per heavy atom. The van der Waals surface area contributed by atoms with Crippen molar-refractivity contribution >= 4 is 39.1 Å². The molecule has 45 heavy (non-hydrogen) atoms. The fourth-order valence-corrected chi connectivity index (χ4v) is 6.43. The van der Waals surface area contributed by atoms with Crippen molar-refractivity contribution in [1.29, 1.82) is 0 Å². The van der Waals surface area contributed by atoms with Crippen molar-refractivity contribution in [2.24, 2.45) is 0 Å². The number of hydrogen-bond donors (Lipinski definition) is 1. The first-order valence-electron chi connectivity index (χ1n) is 14.7. The minimum Gasteiger partial charge on any atom is -0.352 e. The lowest BCUT2D eigenvalue weighted by Gasteiger charge is -2.34. The van der Waals surface area contributed by atoms with Gasteiger partial charge in [0.1, 0.15) is 18.4 Å². The van der Waals surface area contributed by atoms with Crippen LogP contribution >= 0.6 is 11.6 Å². The van der Waals surface area contributed by atoms with Gasteiger partial charge < -0.3 is 10.2 Å². The Hall–Kier alpha value is -4.21. The van der Waals surface area contributed by atoms with E-state index in [0.717, 1.165) is 27.6 Å². The van der Waals surface area contributed by atoms with Crippen molar-refractivity contribution in [1.82, 2.24) is 10.2 Å². The molecule has 0 spiro atoms. The zero-order chi connectivity index (χ0) is 32.6. The molecule has 236 valence electrons. The molecular weight excluding hydrogens is 613 g/mol. The average molecular weight is 650 g/mol. The number of aryl methyl sites for hydroxylation is 1. The summed E-state index contributed by atoms with van der Waals surface area (Å²) in [5.74, 6) is -1.53. The maximum atomic E-state index is 14.4. The van der Waals surface area contributed by atoms with Gasteiger partial charge in [0.15, 0.2) is 0 Å². The zero-order valence-corrected chi connectivity index (χ0v) is 27.1. The van der Waals surface area contributed by atoms with Gasteiger partial charge in [-0.2, -0.15) is 0 Å². The van der Waals surface area contributed by atoms with Crippen LogP contribution in [-0.2, 0) is 32.6 Å². The minimum atomic E-state index is -4.28. The zero-order valence-electron chi connectivity index (χ0n) is 25.5. The van der Waals surface area contributed by atoms with Gasteiger partial charge in [0.2, 0.25) is 11.8 Å². The molecule has 0 bridgehead atoms. The van der Waals surface area contributed by atoms with Gasteiger partial charge in [0, 0.05) is 24.0 Å². The number of sulfonamides is 1. The summed E-state index contributed by atoms with van der Waals surface area (Å²) >= 11 is 6.28. The monoisotopic (exact) mass is 649 g/mol. The van der Waals surface area contributed by atoms with Crippen molar-refractivity contribution in [3.05, 3.63) is 131 Å². The highest BCUT2D eigenvalue weighted by molar-refractivity contribution is 7.92. The second kappa shape index (κ2) is 15.2. The van der Waals surface area contributed by atoms with Crippen LogP contribution in [0.2, 0.25) is 5.02 Å². The quantitative estimate of drug-likeness (QED) is 0.178. The van der Waals surface area contributed by atoms with E-state index in [1.165, 1.54) is 29.2 Å². The number of carbonyl (C=O) groups excluding carboxylic acids is 2. The van der Waals surface area contributed by atoms with E-state index in [0.29, 0.717) is 17.0 Å². The van der Waals surface area contributed by atoms with Gasteiger partial charge in [0.25, 0.3) is 10.0 Å². The van der Waals surface area contributed by atoms with Gasteiger partial charge in [-0.05, 0) is 79.9 Å². The average Bonchev–Trinajstić information content (AvgIpc) is 3.02. The molecule has 0 aliphatic heterocycles. The summed E-state index contributed by atoms with van der Waals surface area (Å²) in [5.41, 5.74) is 2.46. The number of halogens is 2. The van der Waals surface area contributed by atoms with E-state index in [1.54, 1.807) is 36.4 Å². The van der Waals surface area contributed by atoms with Crippen LogP contribution in [0, 0.1) is 12.7 Å². The number of nitrogens with one attached hydrogen (secondary N) is 1. The highest BCUT2D eigenvalue weighted by Crippen LogP contribution is 2.26. The Balaban J connectivity index is 1.80. The third kappa shape index (κ3) is 8.93. The molecule has 0 saturated carbocycles. The van der Waals surface area contributed by atoms with E-state index >= 15 is 0 Å². The summed E-state index contributed by atoms with van der Waals surface area (Å²) in [5, 5.41) is 3.46. The van der Waals surface area contributed by atoms with E-state index in [-0.39, 0.29) is 35.5 Å². The molecule has 0 fully saturated rings. The molecule has 4 aromatic carbocycles. The molecule has 0 saturated heterocycles. The third-order valence-electron chi connectivity index (χ3n) is 7.52.